The lowest BCUT2D eigenvalue weighted by molar-refractivity contribution is 0.102. The van der Waals surface area contributed by atoms with Gasteiger partial charge in [-0.25, -0.2) is 0 Å². The Morgan fingerprint density at radius 1 is 1.07 bits per heavy atom. The van der Waals surface area contributed by atoms with Crippen LogP contribution in [0.4, 0.5) is 11.4 Å². The summed E-state index contributed by atoms with van der Waals surface area (Å²) in [4.78, 5) is 15.9. The van der Waals surface area contributed by atoms with Crippen LogP contribution in [0.25, 0.3) is 0 Å². The van der Waals surface area contributed by atoms with E-state index < -0.39 is 0 Å². The number of benzene rings is 2. The Morgan fingerprint density at radius 2 is 1.93 bits per heavy atom. The van der Waals surface area contributed by atoms with Crippen LogP contribution in [-0.2, 0) is 0 Å². The Labute approximate surface area is 181 Å². The van der Waals surface area contributed by atoms with E-state index in [1.807, 2.05) is 41.7 Å². The summed E-state index contributed by atoms with van der Waals surface area (Å²) in [5.74, 6) is 0.778. The quantitative estimate of drug-likeness (QED) is 0.465. The molecule has 3 aromatic rings. The van der Waals surface area contributed by atoms with Gasteiger partial charge in [0.2, 0.25) is 0 Å². The molecule has 1 aliphatic carbocycles. The Bertz CT molecular complexity index is 1160. The van der Waals surface area contributed by atoms with Gasteiger partial charge in [-0.3, -0.25) is 4.79 Å². The van der Waals surface area contributed by atoms with E-state index in [0.29, 0.717) is 17.4 Å². The van der Waals surface area contributed by atoms with Crippen molar-refractivity contribution in [2.24, 2.45) is 5.92 Å². The minimum atomic E-state index is -0.0656. The highest BCUT2D eigenvalue weighted by Crippen LogP contribution is 2.51. The number of para-hydroxylation sites is 1. The Balaban J connectivity index is 1.51. The Morgan fingerprint density at radius 3 is 2.70 bits per heavy atom. The molecule has 3 atom stereocenters. The largest absolute Gasteiger partial charge is 0.376 e. The molecule has 0 bridgehead atoms. The van der Waals surface area contributed by atoms with Crippen molar-refractivity contribution in [1.82, 2.24) is 0 Å². The van der Waals surface area contributed by atoms with Crippen LogP contribution in [0.3, 0.4) is 0 Å². The van der Waals surface area contributed by atoms with E-state index in [1.165, 1.54) is 26.4 Å². The second-order valence-electron chi connectivity index (χ2n) is 8.45. The molecule has 152 valence electrons. The fraction of sp³-hybridized carbons (Fsp3) is 0.269. The molecule has 30 heavy (non-hydrogen) atoms. The highest BCUT2D eigenvalue weighted by atomic mass is 32.1. The third-order valence-electron chi connectivity index (χ3n) is 6.47. The highest BCUT2D eigenvalue weighted by Gasteiger charge is 2.39. The van der Waals surface area contributed by atoms with Gasteiger partial charge in [0.1, 0.15) is 0 Å². The second-order valence-corrected chi connectivity index (χ2v) is 9.77. The van der Waals surface area contributed by atoms with E-state index in [2.05, 4.69) is 61.8 Å². The number of rotatable bonds is 3. The molecular formula is C26H26N2OS. The first-order chi connectivity index (χ1) is 14.5. The minimum Gasteiger partial charge on any atom is -0.376 e. The number of carbonyl (C=O) groups is 1. The fourth-order valence-corrected chi connectivity index (χ4v) is 5.74. The molecule has 3 unspecified atom stereocenters. The number of nitrogens with one attached hydrogen (secondary N) is 2. The monoisotopic (exact) mass is 414 g/mol. The lowest BCUT2D eigenvalue weighted by Gasteiger charge is -2.37. The molecule has 1 aromatic heterocycles. The van der Waals surface area contributed by atoms with Gasteiger partial charge in [0.05, 0.1) is 17.3 Å². The average Bonchev–Trinajstić information content (AvgIpc) is 3.39. The van der Waals surface area contributed by atoms with Crippen molar-refractivity contribution in [3.8, 4) is 0 Å². The maximum Gasteiger partial charge on any atom is 0.257 e. The van der Waals surface area contributed by atoms with Crippen LogP contribution in [-0.4, -0.2) is 5.91 Å². The molecule has 2 N–H and O–H groups in total. The van der Waals surface area contributed by atoms with Crippen LogP contribution in [0, 0.1) is 26.7 Å². The van der Waals surface area contributed by atoms with Crippen molar-refractivity contribution in [2.75, 3.05) is 10.6 Å². The molecule has 2 aliphatic rings. The van der Waals surface area contributed by atoms with E-state index in [-0.39, 0.29) is 11.9 Å². The summed E-state index contributed by atoms with van der Waals surface area (Å²) in [5, 5.41) is 6.86. The number of anilines is 2. The first kappa shape index (κ1) is 19.1. The molecule has 0 radical (unpaired) electrons. The van der Waals surface area contributed by atoms with Crippen molar-refractivity contribution < 1.29 is 4.79 Å². The Hall–Kier alpha value is -2.85. The predicted molar refractivity (Wildman–Crippen MR) is 126 cm³/mol. The van der Waals surface area contributed by atoms with E-state index in [9.17, 15) is 4.79 Å². The molecular weight excluding hydrogens is 388 g/mol. The van der Waals surface area contributed by atoms with Crippen LogP contribution in [0.15, 0.2) is 60.7 Å². The van der Waals surface area contributed by atoms with E-state index in [0.717, 1.165) is 17.8 Å². The van der Waals surface area contributed by atoms with Gasteiger partial charge in [-0.2, -0.15) is 0 Å². The number of amides is 1. The van der Waals surface area contributed by atoms with Gasteiger partial charge in [-0.1, -0.05) is 30.4 Å². The molecule has 1 aliphatic heterocycles. The van der Waals surface area contributed by atoms with Gasteiger partial charge in [-0.15, -0.1) is 11.3 Å². The number of thiophene rings is 1. The fourth-order valence-electron chi connectivity index (χ4n) is 4.73. The third-order valence-corrected chi connectivity index (χ3v) is 7.56. The lowest BCUT2D eigenvalue weighted by Crippen LogP contribution is -2.30. The van der Waals surface area contributed by atoms with Gasteiger partial charge in [0, 0.05) is 21.4 Å². The molecule has 2 aromatic carbocycles. The zero-order valence-corrected chi connectivity index (χ0v) is 18.3. The first-order valence-corrected chi connectivity index (χ1v) is 11.3. The highest BCUT2D eigenvalue weighted by molar-refractivity contribution is 7.12. The van der Waals surface area contributed by atoms with E-state index in [1.54, 1.807) is 0 Å². The SMILES string of the molecule is Cc1ccc(C2Nc3c(C(=O)Nc4ccc(C)c(C)c4)cccc3C3C=CCC32)s1. The average molecular weight is 415 g/mol. The molecule has 0 saturated carbocycles. The van der Waals surface area contributed by atoms with Crippen molar-refractivity contribution in [2.45, 2.75) is 39.2 Å². The molecule has 0 saturated heterocycles. The summed E-state index contributed by atoms with van der Waals surface area (Å²) in [6.45, 7) is 6.30. The van der Waals surface area contributed by atoms with Crippen molar-refractivity contribution in [1.29, 1.82) is 0 Å². The Kier molecular flexibility index (Phi) is 4.75. The number of hydrogen-bond acceptors (Lipinski definition) is 3. The number of aryl methyl sites for hydroxylation is 3. The van der Waals surface area contributed by atoms with E-state index in [4.69, 9.17) is 0 Å². The number of fused-ring (bicyclic) bond motifs is 3. The molecule has 0 fully saturated rings. The topological polar surface area (TPSA) is 41.1 Å². The summed E-state index contributed by atoms with van der Waals surface area (Å²) < 4.78 is 0. The zero-order valence-electron chi connectivity index (χ0n) is 17.5. The lowest BCUT2D eigenvalue weighted by atomic mass is 9.78. The van der Waals surface area contributed by atoms with Crippen molar-refractivity contribution in [3.63, 3.8) is 0 Å². The molecule has 3 nitrogen and oxygen atoms in total. The molecule has 2 heterocycles. The number of allylic oxidation sites excluding steroid dienone is 2. The predicted octanol–water partition coefficient (Wildman–Crippen LogP) is 6.75. The summed E-state index contributed by atoms with van der Waals surface area (Å²) >= 11 is 1.85. The summed E-state index contributed by atoms with van der Waals surface area (Å²) in [6, 6.07) is 16.8. The van der Waals surface area contributed by atoms with Crippen LogP contribution in [0.5, 0.6) is 0 Å². The number of hydrogen-bond donors (Lipinski definition) is 2. The summed E-state index contributed by atoms with van der Waals surface area (Å²) in [7, 11) is 0. The maximum atomic E-state index is 13.3. The van der Waals surface area contributed by atoms with Crippen molar-refractivity contribution in [3.05, 3.63) is 92.7 Å². The molecule has 4 heteroatoms. The molecule has 1 amide bonds. The van der Waals surface area contributed by atoms with Gasteiger partial charge in [0.15, 0.2) is 0 Å². The second kappa shape index (κ2) is 7.44. The van der Waals surface area contributed by atoms with Crippen LogP contribution in [0.2, 0.25) is 0 Å². The molecule has 0 spiro atoms. The standard InChI is InChI=1S/C26H26N2OS/c1-15-10-12-18(14-16(15)2)27-26(29)22-9-5-7-20-19-6-4-8-21(19)25(28-24(20)22)23-13-11-17(3)30-23/h4-7,9-14,19,21,25,28H,8H2,1-3H3,(H,27,29). The van der Waals surface area contributed by atoms with Crippen molar-refractivity contribution >= 4 is 28.6 Å². The minimum absolute atomic E-state index is 0.0656. The van der Waals surface area contributed by atoms with Gasteiger partial charge >= 0.3 is 0 Å². The normalized spacial score (nSPS) is 21.6. The van der Waals surface area contributed by atoms with Crippen LogP contribution in [0.1, 0.15) is 55.2 Å². The first-order valence-electron chi connectivity index (χ1n) is 10.5. The van der Waals surface area contributed by atoms with Crippen LogP contribution >= 0.6 is 11.3 Å². The smallest absolute Gasteiger partial charge is 0.257 e. The van der Waals surface area contributed by atoms with Crippen LogP contribution < -0.4 is 10.6 Å². The molecule has 5 rings (SSSR count). The maximum absolute atomic E-state index is 13.3. The summed E-state index contributed by atoms with van der Waals surface area (Å²) in [6.07, 6.45) is 5.68. The van der Waals surface area contributed by atoms with Gasteiger partial charge in [0.25, 0.3) is 5.91 Å². The third kappa shape index (κ3) is 3.25. The van der Waals surface area contributed by atoms with E-state index >= 15 is 0 Å². The number of carbonyl (C=O) groups excluding carboxylic acids is 1. The van der Waals surface area contributed by atoms with Gasteiger partial charge < -0.3 is 10.6 Å². The summed E-state index contributed by atoms with van der Waals surface area (Å²) in [5.41, 5.74) is 6.14. The van der Waals surface area contributed by atoms with Gasteiger partial charge in [-0.05, 0) is 80.1 Å². The zero-order chi connectivity index (χ0) is 20.8.